The van der Waals surface area contributed by atoms with Gasteiger partial charge in [-0.25, -0.2) is 4.98 Å². The molecule has 2 amide bonds. The molecule has 0 bridgehead atoms. The molecular formula is C18H18N4O2. The van der Waals surface area contributed by atoms with Crippen molar-refractivity contribution in [1.29, 1.82) is 0 Å². The second kappa shape index (κ2) is 6.03. The molecule has 1 fully saturated rings. The van der Waals surface area contributed by atoms with Gasteiger partial charge >= 0.3 is 0 Å². The summed E-state index contributed by atoms with van der Waals surface area (Å²) in [6, 6.07) is 5.38. The Kier molecular flexibility index (Phi) is 3.72. The molecule has 6 nitrogen and oxygen atoms in total. The van der Waals surface area contributed by atoms with E-state index in [1.807, 2.05) is 6.07 Å². The maximum absolute atomic E-state index is 12.6. The van der Waals surface area contributed by atoms with Gasteiger partial charge in [0.2, 0.25) is 5.91 Å². The molecule has 6 heteroatoms. The number of amides is 2. The van der Waals surface area contributed by atoms with Crippen molar-refractivity contribution in [3.05, 3.63) is 47.4 Å². The molecule has 0 saturated heterocycles. The van der Waals surface area contributed by atoms with Gasteiger partial charge in [0.15, 0.2) is 5.82 Å². The molecular weight excluding hydrogens is 304 g/mol. The van der Waals surface area contributed by atoms with Gasteiger partial charge in [-0.05, 0) is 49.4 Å². The number of nitrogens with one attached hydrogen (secondary N) is 2. The molecule has 0 spiro atoms. The Morgan fingerprint density at radius 1 is 1.17 bits per heavy atom. The van der Waals surface area contributed by atoms with Crippen LogP contribution in [0.2, 0.25) is 0 Å². The Morgan fingerprint density at radius 3 is 2.83 bits per heavy atom. The molecule has 4 rings (SSSR count). The lowest BCUT2D eigenvalue weighted by molar-refractivity contribution is -0.116. The molecule has 1 aliphatic carbocycles. The zero-order valence-electron chi connectivity index (χ0n) is 13.2. The summed E-state index contributed by atoms with van der Waals surface area (Å²) in [6.45, 7) is 0. The maximum atomic E-state index is 12.6. The number of hydrogen-bond donors (Lipinski definition) is 2. The number of anilines is 2. The molecule has 0 unspecified atom stereocenters. The lowest BCUT2D eigenvalue weighted by atomic mass is 10.0. The minimum absolute atomic E-state index is 0.0274. The summed E-state index contributed by atoms with van der Waals surface area (Å²) < 4.78 is 0. The maximum Gasteiger partial charge on any atom is 0.256 e. The van der Waals surface area contributed by atoms with Gasteiger partial charge in [-0.15, -0.1) is 0 Å². The van der Waals surface area contributed by atoms with E-state index in [0.717, 1.165) is 42.6 Å². The highest BCUT2D eigenvalue weighted by Gasteiger charge is 2.29. The van der Waals surface area contributed by atoms with E-state index in [4.69, 9.17) is 0 Å². The van der Waals surface area contributed by atoms with Crippen molar-refractivity contribution < 1.29 is 9.59 Å². The number of aromatic nitrogens is 2. The molecule has 2 heterocycles. The summed E-state index contributed by atoms with van der Waals surface area (Å²) in [7, 11) is 0. The van der Waals surface area contributed by atoms with Gasteiger partial charge in [0.1, 0.15) is 0 Å². The van der Waals surface area contributed by atoms with Crippen molar-refractivity contribution in [3.8, 4) is 0 Å². The van der Waals surface area contributed by atoms with E-state index in [-0.39, 0.29) is 11.8 Å². The average molecular weight is 322 g/mol. The van der Waals surface area contributed by atoms with E-state index in [9.17, 15) is 9.59 Å². The summed E-state index contributed by atoms with van der Waals surface area (Å²) in [6.07, 6.45) is 7.54. The quantitative estimate of drug-likeness (QED) is 0.910. The van der Waals surface area contributed by atoms with E-state index in [1.165, 1.54) is 0 Å². The van der Waals surface area contributed by atoms with E-state index < -0.39 is 0 Å². The normalized spacial score (nSPS) is 16.8. The number of rotatable bonds is 3. The van der Waals surface area contributed by atoms with Gasteiger partial charge in [-0.2, -0.15) is 0 Å². The van der Waals surface area contributed by atoms with Crippen molar-refractivity contribution in [1.82, 2.24) is 9.97 Å². The highest BCUT2D eigenvalue weighted by atomic mass is 16.2. The molecule has 1 saturated carbocycles. The lowest BCUT2D eigenvalue weighted by Crippen LogP contribution is -2.16. The number of benzene rings is 1. The van der Waals surface area contributed by atoms with Crippen LogP contribution in [0.25, 0.3) is 0 Å². The SMILES string of the molecule is O=C1CCCc2cc(C(=O)Nc3nccnc3C3CC3)ccc2N1. The van der Waals surface area contributed by atoms with Gasteiger partial charge in [-0.3, -0.25) is 14.6 Å². The van der Waals surface area contributed by atoms with Gasteiger partial charge in [0, 0.05) is 36.0 Å². The third kappa shape index (κ3) is 2.99. The monoisotopic (exact) mass is 322 g/mol. The van der Waals surface area contributed by atoms with Crippen LogP contribution in [-0.2, 0) is 11.2 Å². The van der Waals surface area contributed by atoms with Crippen molar-refractivity contribution in [2.75, 3.05) is 10.6 Å². The van der Waals surface area contributed by atoms with Gasteiger partial charge in [-0.1, -0.05) is 0 Å². The Bertz CT molecular complexity index is 814. The zero-order valence-corrected chi connectivity index (χ0v) is 13.2. The van der Waals surface area contributed by atoms with Crippen molar-refractivity contribution in [2.24, 2.45) is 0 Å². The summed E-state index contributed by atoms with van der Waals surface area (Å²) >= 11 is 0. The predicted octanol–water partition coefficient (Wildman–Crippen LogP) is 2.88. The number of aryl methyl sites for hydroxylation is 1. The first-order valence-electron chi connectivity index (χ1n) is 8.26. The first-order valence-corrected chi connectivity index (χ1v) is 8.26. The van der Waals surface area contributed by atoms with Crippen LogP contribution in [-0.4, -0.2) is 21.8 Å². The topological polar surface area (TPSA) is 84.0 Å². The number of fused-ring (bicyclic) bond motifs is 1. The molecule has 1 aromatic heterocycles. The fourth-order valence-corrected chi connectivity index (χ4v) is 3.00. The molecule has 1 aliphatic heterocycles. The summed E-state index contributed by atoms with van der Waals surface area (Å²) in [5.74, 6) is 0.792. The molecule has 2 aliphatic rings. The highest BCUT2D eigenvalue weighted by Crippen LogP contribution is 2.41. The van der Waals surface area contributed by atoms with Gasteiger partial charge in [0.25, 0.3) is 5.91 Å². The largest absolute Gasteiger partial charge is 0.326 e. The second-order valence-electron chi connectivity index (χ2n) is 6.29. The van der Waals surface area contributed by atoms with Crippen molar-refractivity contribution >= 4 is 23.3 Å². The Morgan fingerprint density at radius 2 is 2.00 bits per heavy atom. The van der Waals surface area contributed by atoms with E-state index >= 15 is 0 Å². The standard InChI is InChI=1S/C18H18N4O2/c23-15-3-1-2-12-10-13(6-7-14(12)21-15)18(24)22-17-16(11-4-5-11)19-8-9-20-17/h6-11H,1-5H2,(H,21,23)(H,20,22,24). The van der Waals surface area contributed by atoms with Crippen LogP contribution >= 0.6 is 0 Å². The van der Waals surface area contributed by atoms with Crippen molar-refractivity contribution in [3.63, 3.8) is 0 Å². The smallest absolute Gasteiger partial charge is 0.256 e. The van der Waals surface area contributed by atoms with Crippen LogP contribution < -0.4 is 10.6 Å². The molecule has 1 aromatic carbocycles. The van der Waals surface area contributed by atoms with Gasteiger partial charge < -0.3 is 10.6 Å². The minimum Gasteiger partial charge on any atom is -0.326 e. The average Bonchev–Trinajstić information content (AvgIpc) is 3.41. The molecule has 24 heavy (non-hydrogen) atoms. The van der Waals surface area contributed by atoms with Gasteiger partial charge in [0.05, 0.1) is 5.69 Å². The second-order valence-corrected chi connectivity index (χ2v) is 6.29. The molecule has 2 aromatic rings. The zero-order chi connectivity index (χ0) is 16.5. The summed E-state index contributed by atoms with van der Waals surface area (Å²) in [5, 5.41) is 5.76. The third-order valence-electron chi connectivity index (χ3n) is 4.41. The van der Waals surface area contributed by atoms with Crippen LogP contribution in [0.5, 0.6) is 0 Å². The number of hydrogen-bond acceptors (Lipinski definition) is 4. The first kappa shape index (κ1) is 14.8. The number of carbonyl (C=O) groups excluding carboxylic acids is 2. The molecule has 0 atom stereocenters. The fraction of sp³-hybridized carbons (Fsp3) is 0.333. The van der Waals surface area contributed by atoms with Crippen molar-refractivity contribution in [2.45, 2.75) is 38.0 Å². The van der Waals surface area contributed by atoms with Crippen LogP contribution in [0.1, 0.15) is 53.2 Å². The van der Waals surface area contributed by atoms with Crippen LogP contribution in [0.3, 0.4) is 0 Å². The number of nitrogens with zero attached hydrogens (tertiary/aromatic N) is 2. The number of carbonyl (C=O) groups is 2. The fourth-order valence-electron chi connectivity index (χ4n) is 3.00. The Labute approximate surface area is 139 Å². The Hall–Kier alpha value is -2.76. The van der Waals surface area contributed by atoms with E-state index in [1.54, 1.807) is 24.5 Å². The van der Waals surface area contributed by atoms with Crippen LogP contribution in [0.4, 0.5) is 11.5 Å². The molecule has 122 valence electrons. The highest BCUT2D eigenvalue weighted by molar-refractivity contribution is 6.05. The van der Waals surface area contributed by atoms with E-state index in [0.29, 0.717) is 23.7 Å². The summed E-state index contributed by atoms with van der Waals surface area (Å²) in [4.78, 5) is 32.8. The lowest BCUT2D eigenvalue weighted by Gasteiger charge is -2.11. The third-order valence-corrected chi connectivity index (χ3v) is 4.41. The molecule has 0 radical (unpaired) electrons. The van der Waals surface area contributed by atoms with Crippen LogP contribution in [0.15, 0.2) is 30.6 Å². The first-order chi connectivity index (χ1) is 11.7. The minimum atomic E-state index is -0.198. The van der Waals surface area contributed by atoms with Crippen LogP contribution in [0, 0.1) is 0 Å². The Balaban J connectivity index is 1.57. The summed E-state index contributed by atoms with van der Waals surface area (Å²) in [5.41, 5.74) is 3.23. The predicted molar refractivity (Wildman–Crippen MR) is 90.0 cm³/mol. The molecule has 2 N–H and O–H groups in total. The van der Waals surface area contributed by atoms with E-state index in [2.05, 4.69) is 20.6 Å².